The maximum Gasteiger partial charge on any atom is 0.194 e. The number of aryl methyl sites for hydroxylation is 2. The Kier molecular flexibility index (Phi) is 8.56. The summed E-state index contributed by atoms with van der Waals surface area (Å²) in [4.78, 5) is 9.16. The van der Waals surface area contributed by atoms with Crippen molar-refractivity contribution < 1.29 is 9.26 Å². The number of aromatic nitrogens is 1. The van der Waals surface area contributed by atoms with Gasteiger partial charge in [0.15, 0.2) is 5.96 Å². The molecule has 0 spiro atoms. The first-order valence-electron chi connectivity index (χ1n) is 9.32. The van der Waals surface area contributed by atoms with Gasteiger partial charge in [0.05, 0.1) is 12.8 Å². The Balaban J connectivity index is 0.00000280. The molecule has 7 nitrogen and oxygen atoms in total. The second-order valence-electron chi connectivity index (χ2n) is 6.95. The van der Waals surface area contributed by atoms with Crippen LogP contribution in [-0.2, 0) is 13.1 Å². The molecule has 2 heterocycles. The van der Waals surface area contributed by atoms with Crippen molar-refractivity contribution in [3.63, 3.8) is 0 Å². The molecule has 154 valence electrons. The van der Waals surface area contributed by atoms with Crippen LogP contribution in [0.5, 0.6) is 5.75 Å². The molecule has 0 unspecified atom stereocenters. The number of ether oxygens (including phenoxy) is 1. The molecule has 0 radical (unpaired) electrons. The van der Waals surface area contributed by atoms with Gasteiger partial charge in [-0.3, -0.25) is 9.89 Å². The van der Waals surface area contributed by atoms with Crippen LogP contribution < -0.4 is 10.1 Å². The zero-order valence-electron chi connectivity index (χ0n) is 17.1. The minimum Gasteiger partial charge on any atom is -0.497 e. The van der Waals surface area contributed by atoms with Gasteiger partial charge in [0.2, 0.25) is 0 Å². The van der Waals surface area contributed by atoms with Crippen LogP contribution in [0.15, 0.2) is 33.8 Å². The quantitative estimate of drug-likeness (QED) is 0.388. The van der Waals surface area contributed by atoms with Crippen LogP contribution >= 0.6 is 24.0 Å². The number of nitrogens with zero attached hydrogens (tertiary/aromatic N) is 4. The number of halogens is 1. The summed E-state index contributed by atoms with van der Waals surface area (Å²) in [5.74, 6) is 2.69. The lowest BCUT2D eigenvalue weighted by atomic mass is 10.1. The number of nitrogens with one attached hydrogen (secondary N) is 1. The van der Waals surface area contributed by atoms with Crippen molar-refractivity contribution in [2.24, 2.45) is 4.99 Å². The van der Waals surface area contributed by atoms with E-state index in [1.54, 1.807) is 7.11 Å². The second-order valence-corrected chi connectivity index (χ2v) is 6.95. The van der Waals surface area contributed by atoms with Gasteiger partial charge in [0.25, 0.3) is 0 Å². The molecule has 8 heteroatoms. The van der Waals surface area contributed by atoms with Gasteiger partial charge in [-0.1, -0.05) is 11.2 Å². The van der Waals surface area contributed by atoms with Crippen molar-refractivity contribution in [2.75, 3.05) is 40.3 Å². The lowest BCUT2D eigenvalue weighted by Crippen LogP contribution is -2.52. The molecule has 0 amide bonds. The Morgan fingerprint density at radius 1 is 1.18 bits per heavy atom. The number of hydrogen-bond donors (Lipinski definition) is 1. The molecule has 2 aromatic rings. The summed E-state index contributed by atoms with van der Waals surface area (Å²) in [5.41, 5.74) is 3.38. The molecule has 0 atom stereocenters. The van der Waals surface area contributed by atoms with Gasteiger partial charge in [-0.05, 0) is 37.1 Å². The van der Waals surface area contributed by atoms with Gasteiger partial charge < -0.3 is 19.5 Å². The molecule has 3 rings (SSSR count). The average Bonchev–Trinajstić information content (AvgIpc) is 3.07. The molecule has 0 aliphatic carbocycles. The van der Waals surface area contributed by atoms with Crippen molar-refractivity contribution in [1.82, 2.24) is 20.3 Å². The molecule has 1 aromatic heterocycles. The second kappa shape index (κ2) is 10.7. The third-order valence-corrected chi connectivity index (χ3v) is 4.74. The third-order valence-electron chi connectivity index (χ3n) is 4.74. The molecule has 1 aromatic carbocycles. The fourth-order valence-electron chi connectivity index (χ4n) is 3.40. The van der Waals surface area contributed by atoms with Crippen molar-refractivity contribution in [2.45, 2.75) is 26.9 Å². The monoisotopic (exact) mass is 499 g/mol. The van der Waals surface area contributed by atoms with Crippen LogP contribution in [0.1, 0.15) is 22.6 Å². The first-order chi connectivity index (χ1) is 13.1. The summed E-state index contributed by atoms with van der Waals surface area (Å²) in [6, 6.07) is 8.27. The Morgan fingerprint density at radius 2 is 1.93 bits per heavy atom. The molecule has 1 N–H and O–H groups in total. The first-order valence-corrected chi connectivity index (χ1v) is 9.32. The number of rotatable bonds is 5. The van der Waals surface area contributed by atoms with E-state index in [0.717, 1.165) is 62.4 Å². The van der Waals surface area contributed by atoms with Crippen LogP contribution in [0.4, 0.5) is 0 Å². The van der Waals surface area contributed by atoms with E-state index >= 15 is 0 Å². The van der Waals surface area contributed by atoms with E-state index < -0.39 is 0 Å². The molecule has 1 aliphatic heterocycles. The van der Waals surface area contributed by atoms with Crippen LogP contribution in [0.3, 0.4) is 0 Å². The Labute approximate surface area is 184 Å². The summed E-state index contributed by atoms with van der Waals surface area (Å²) >= 11 is 0. The van der Waals surface area contributed by atoms with Gasteiger partial charge >= 0.3 is 0 Å². The van der Waals surface area contributed by atoms with Gasteiger partial charge in [-0.2, -0.15) is 0 Å². The highest BCUT2D eigenvalue weighted by Crippen LogP contribution is 2.16. The highest BCUT2D eigenvalue weighted by Gasteiger charge is 2.20. The maximum absolute atomic E-state index is 5.36. The highest BCUT2D eigenvalue weighted by molar-refractivity contribution is 14.0. The minimum atomic E-state index is 0. The van der Waals surface area contributed by atoms with Gasteiger partial charge in [0.1, 0.15) is 11.5 Å². The number of methoxy groups -OCH3 is 1. The number of benzene rings is 1. The number of hydrogen-bond acceptors (Lipinski definition) is 5. The van der Waals surface area contributed by atoms with Crippen molar-refractivity contribution >= 4 is 29.9 Å². The SMILES string of the molecule is CN=C(NCc1cc(C)cc(OC)c1)N1CCN(Cc2cc(C)on2)CC1.I. The minimum absolute atomic E-state index is 0. The van der Waals surface area contributed by atoms with E-state index in [4.69, 9.17) is 9.26 Å². The molecule has 1 aliphatic rings. The predicted molar refractivity (Wildman–Crippen MR) is 121 cm³/mol. The topological polar surface area (TPSA) is 66.1 Å². The molecule has 1 saturated heterocycles. The zero-order valence-corrected chi connectivity index (χ0v) is 19.4. The normalized spacial score (nSPS) is 15.3. The largest absolute Gasteiger partial charge is 0.497 e. The van der Waals surface area contributed by atoms with Gasteiger partial charge in [-0.25, -0.2) is 0 Å². The number of piperazine rings is 1. The van der Waals surface area contributed by atoms with E-state index in [1.165, 1.54) is 11.1 Å². The smallest absolute Gasteiger partial charge is 0.194 e. The molecule has 28 heavy (non-hydrogen) atoms. The third kappa shape index (κ3) is 6.10. The average molecular weight is 499 g/mol. The van der Waals surface area contributed by atoms with Crippen molar-refractivity contribution in [3.05, 3.63) is 46.8 Å². The Morgan fingerprint density at radius 3 is 2.54 bits per heavy atom. The Hall–Kier alpha value is -1.81. The molecule has 0 bridgehead atoms. The summed E-state index contributed by atoms with van der Waals surface area (Å²) in [5, 5.41) is 7.56. The lowest BCUT2D eigenvalue weighted by molar-refractivity contribution is 0.169. The van der Waals surface area contributed by atoms with Gasteiger partial charge in [-0.15, -0.1) is 24.0 Å². The predicted octanol–water partition coefficient (Wildman–Crippen LogP) is 2.81. The summed E-state index contributed by atoms with van der Waals surface area (Å²) in [6.45, 7) is 9.39. The van der Waals surface area contributed by atoms with Crippen molar-refractivity contribution in [3.8, 4) is 5.75 Å². The summed E-state index contributed by atoms with van der Waals surface area (Å²) < 4.78 is 10.5. The fraction of sp³-hybridized carbons (Fsp3) is 0.500. The van der Waals surface area contributed by atoms with Crippen LogP contribution in [0.2, 0.25) is 0 Å². The van der Waals surface area contributed by atoms with E-state index in [-0.39, 0.29) is 24.0 Å². The van der Waals surface area contributed by atoms with E-state index in [9.17, 15) is 0 Å². The molecule has 1 fully saturated rings. The van der Waals surface area contributed by atoms with E-state index in [1.807, 2.05) is 26.1 Å². The zero-order chi connectivity index (χ0) is 19.2. The van der Waals surface area contributed by atoms with E-state index in [2.05, 4.69) is 44.3 Å². The molecule has 0 saturated carbocycles. The maximum atomic E-state index is 5.36. The standard InChI is InChI=1S/C20H29N5O2.HI/c1-15-9-17(12-19(10-15)26-4)13-22-20(21-3)25-7-5-24(6-8-25)14-18-11-16(2)27-23-18;/h9-12H,5-8,13-14H2,1-4H3,(H,21,22);1H. The van der Waals surface area contributed by atoms with Crippen molar-refractivity contribution in [1.29, 1.82) is 0 Å². The summed E-state index contributed by atoms with van der Waals surface area (Å²) in [7, 11) is 3.54. The number of guanidine groups is 1. The number of aliphatic imine (C=N–C) groups is 1. The van der Waals surface area contributed by atoms with Crippen LogP contribution in [0, 0.1) is 13.8 Å². The van der Waals surface area contributed by atoms with E-state index in [0.29, 0.717) is 0 Å². The lowest BCUT2D eigenvalue weighted by Gasteiger charge is -2.36. The van der Waals surface area contributed by atoms with Crippen LogP contribution in [0.25, 0.3) is 0 Å². The first kappa shape index (κ1) is 22.5. The summed E-state index contributed by atoms with van der Waals surface area (Å²) in [6.07, 6.45) is 0. The van der Waals surface area contributed by atoms with Gasteiger partial charge in [0, 0.05) is 52.4 Å². The molecular weight excluding hydrogens is 469 g/mol. The highest BCUT2D eigenvalue weighted by atomic mass is 127. The van der Waals surface area contributed by atoms with Crippen LogP contribution in [-0.4, -0.2) is 61.3 Å². The molecular formula is C20H30IN5O2. The Bertz CT molecular complexity index is 785. The fourth-order valence-corrected chi connectivity index (χ4v) is 3.40.